The second kappa shape index (κ2) is 5.99. The largest absolute Gasteiger partial charge is 0.418 e. The Bertz CT molecular complexity index is 770. The highest BCUT2D eigenvalue weighted by molar-refractivity contribution is 7.80. The number of para-hydroxylation sites is 1. The lowest BCUT2D eigenvalue weighted by Crippen LogP contribution is -2.42. The van der Waals surface area contributed by atoms with E-state index in [1.54, 1.807) is 14.0 Å². The Morgan fingerprint density at radius 3 is 2.43 bits per heavy atom. The van der Waals surface area contributed by atoms with Crippen molar-refractivity contribution in [1.29, 1.82) is 0 Å². The molecule has 0 radical (unpaired) electrons. The van der Waals surface area contributed by atoms with Gasteiger partial charge in [0.25, 0.3) is 5.91 Å². The molecule has 0 saturated heterocycles. The van der Waals surface area contributed by atoms with E-state index >= 15 is 0 Å². The molecule has 1 amide bonds. The van der Waals surface area contributed by atoms with Gasteiger partial charge in [0, 0.05) is 13.2 Å². The fraction of sp³-hybridized carbons (Fsp3) is 0.214. The number of alkyl halides is 3. The number of nitrogens with zero attached hydrogens (tertiary/aromatic N) is 3. The zero-order valence-corrected chi connectivity index (χ0v) is 13.1. The van der Waals surface area contributed by atoms with Gasteiger partial charge in [-0.3, -0.25) is 14.4 Å². The van der Waals surface area contributed by atoms with Gasteiger partial charge in [0.2, 0.25) is 0 Å². The molecule has 1 aromatic heterocycles. The number of rotatable bonds is 2. The van der Waals surface area contributed by atoms with E-state index in [1.807, 2.05) is 0 Å². The lowest BCUT2D eigenvalue weighted by molar-refractivity contribution is -0.137. The third-order valence-electron chi connectivity index (χ3n) is 3.12. The van der Waals surface area contributed by atoms with Gasteiger partial charge in [-0.15, -0.1) is 0 Å². The van der Waals surface area contributed by atoms with Gasteiger partial charge < -0.3 is 5.73 Å². The minimum atomic E-state index is -4.65. The number of hydrogen-bond donors (Lipinski definition) is 1. The second-order valence-electron chi connectivity index (χ2n) is 4.80. The molecule has 0 unspecified atom stereocenters. The molecule has 122 valence electrons. The molecule has 0 aliphatic carbocycles. The predicted molar refractivity (Wildman–Crippen MR) is 83.0 cm³/mol. The molecule has 23 heavy (non-hydrogen) atoms. The molecule has 0 bridgehead atoms. The minimum Gasteiger partial charge on any atom is -0.376 e. The van der Waals surface area contributed by atoms with Crippen LogP contribution in [-0.2, 0) is 13.2 Å². The SMILES string of the molecule is Cc1nn(C)cc1C(=O)N(C(N)=S)c1ccccc1C(F)(F)F. The summed E-state index contributed by atoms with van der Waals surface area (Å²) in [7, 11) is 1.60. The first kappa shape index (κ1) is 16.9. The highest BCUT2D eigenvalue weighted by atomic mass is 32.1. The summed E-state index contributed by atoms with van der Waals surface area (Å²) in [6.07, 6.45) is -3.25. The van der Waals surface area contributed by atoms with Crippen molar-refractivity contribution < 1.29 is 18.0 Å². The average Bonchev–Trinajstić information content (AvgIpc) is 2.77. The number of benzene rings is 1. The van der Waals surface area contributed by atoms with E-state index in [1.165, 1.54) is 23.0 Å². The number of anilines is 1. The number of carbonyl (C=O) groups excluding carboxylic acids is 1. The van der Waals surface area contributed by atoms with Crippen LogP contribution in [0.2, 0.25) is 0 Å². The molecular weight excluding hydrogens is 329 g/mol. The zero-order chi connectivity index (χ0) is 17.4. The van der Waals surface area contributed by atoms with Crippen LogP contribution >= 0.6 is 12.2 Å². The van der Waals surface area contributed by atoms with Crippen LogP contribution in [-0.4, -0.2) is 20.8 Å². The Morgan fingerprint density at radius 2 is 1.96 bits per heavy atom. The van der Waals surface area contributed by atoms with Crippen LogP contribution in [0.5, 0.6) is 0 Å². The molecule has 0 aliphatic heterocycles. The summed E-state index contributed by atoms with van der Waals surface area (Å²) < 4.78 is 40.9. The van der Waals surface area contributed by atoms with Gasteiger partial charge in [-0.1, -0.05) is 12.1 Å². The average molecular weight is 342 g/mol. The van der Waals surface area contributed by atoms with Gasteiger partial charge in [0.05, 0.1) is 22.5 Å². The Kier molecular flexibility index (Phi) is 4.42. The number of amides is 1. The first-order valence-corrected chi connectivity index (χ1v) is 6.84. The fourth-order valence-electron chi connectivity index (χ4n) is 2.17. The van der Waals surface area contributed by atoms with Crippen LogP contribution in [0.15, 0.2) is 30.5 Å². The van der Waals surface area contributed by atoms with E-state index in [0.29, 0.717) is 10.6 Å². The third-order valence-corrected chi connectivity index (χ3v) is 3.30. The molecular formula is C14H13F3N4OS. The van der Waals surface area contributed by atoms with Crippen molar-refractivity contribution in [3.63, 3.8) is 0 Å². The van der Waals surface area contributed by atoms with Gasteiger partial charge in [0.1, 0.15) is 0 Å². The molecule has 1 heterocycles. The number of aryl methyl sites for hydroxylation is 2. The molecule has 0 spiro atoms. The van der Waals surface area contributed by atoms with Gasteiger partial charge >= 0.3 is 6.18 Å². The van der Waals surface area contributed by atoms with Crippen molar-refractivity contribution >= 4 is 28.9 Å². The van der Waals surface area contributed by atoms with Crippen molar-refractivity contribution in [1.82, 2.24) is 9.78 Å². The van der Waals surface area contributed by atoms with E-state index in [0.717, 1.165) is 12.1 Å². The fourth-order valence-corrected chi connectivity index (χ4v) is 2.35. The Hall–Kier alpha value is -2.42. The monoisotopic (exact) mass is 342 g/mol. The maximum atomic E-state index is 13.2. The number of hydrogen-bond acceptors (Lipinski definition) is 3. The van der Waals surface area contributed by atoms with E-state index < -0.39 is 28.4 Å². The summed E-state index contributed by atoms with van der Waals surface area (Å²) in [4.78, 5) is 13.3. The summed E-state index contributed by atoms with van der Waals surface area (Å²) in [5.41, 5.74) is 4.59. The van der Waals surface area contributed by atoms with Gasteiger partial charge in [-0.05, 0) is 31.3 Å². The molecule has 2 aromatic rings. The van der Waals surface area contributed by atoms with Gasteiger partial charge in [-0.2, -0.15) is 18.3 Å². The normalized spacial score (nSPS) is 11.3. The molecule has 0 saturated carbocycles. The molecule has 5 nitrogen and oxygen atoms in total. The van der Waals surface area contributed by atoms with Crippen LogP contribution in [0.4, 0.5) is 18.9 Å². The molecule has 0 aliphatic rings. The van der Waals surface area contributed by atoms with Gasteiger partial charge in [0.15, 0.2) is 5.11 Å². The lowest BCUT2D eigenvalue weighted by atomic mass is 10.1. The topological polar surface area (TPSA) is 64.2 Å². The molecule has 0 fully saturated rings. The number of aromatic nitrogens is 2. The first-order chi connectivity index (χ1) is 10.6. The van der Waals surface area contributed by atoms with Crippen LogP contribution in [0.1, 0.15) is 21.6 Å². The van der Waals surface area contributed by atoms with Crippen molar-refractivity contribution in [2.45, 2.75) is 13.1 Å². The maximum absolute atomic E-state index is 13.2. The standard InChI is InChI=1S/C14H13F3N4OS/c1-8-9(7-20(2)19-8)12(22)21(13(18)23)11-6-4-3-5-10(11)14(15,16)17/h3-7H,1-2H3,(H2,18,23). The highest BCUT2D eigenvalue weighted by Crippen LogP contribution is 2.37. The summed E-state index contributed by atoms with van der Waals surface area (Å²) >= 11 is 4.80. The molecule has 1 aromatic carbocycles. The summed E-state index contributed by atoms with van der Waals surface area (Å²) in [6, 6.07) is 4.61. The van der Waals surface area contributed by atoms with Crippen LogP contribution < -0.4 is 10.6 Å². The highest BCUT2D eigenvalue weighted by Gasteiger charge is 2.37. The Morgan fingerprint density at radius 1 is 1.35 bits per heavy atom. The molecule has 9 heteroatoms. The van der Waals surface area contributed by atoms with Crippen molar-refractivity contribution in [2.24, 2.45) is 12.8 Å². The molecule has 0 atom stereocenters. The summed E-state index contributed by atoms with van der Waals surface area (Å²) in [5, 5.41) is 3.52. The van der Waals surface area contributed by atoms with Crippen molar-refractivity contribution in [3.8, 4) is 0 Å². The quantitative estimate of drug-likeness (QED) is 0.852. The van der Waals surface area contributed by atoms with E-state index in [9.17, 15) is 18.0 Å². The van der Waals surface area contributed by atoms with Crippen LogP contribution in [0.25, 0.3) is 0 Å². The van der Waals surface area contributed by atoms with Crippen LogP contribution in [0, 0.1) is 6.92 Å². The molecule has 2 rings (SSSR count). The number of halogens is 3. The van der Waals surface area contributed by atoms with E-state index in [-0.39, 0.29) is 5.56 Å². The first-order valence-electron chi connectivity index (χ1n) is 6.43. The number of carbonyl (C=O) groups is 1. The minimum absolute atomic E-state index is 0.122. The van der Waals surface area contributed by atoms with Crippen molar-refractivity contribution in [3.05, 3.63) is 47.3 Å². The van der Waals surface area contributed by atoms with E-state index in [4.69, 9.17) is 18.0 Å². The predicted octanol–water partition coefficient (Wildman–Crippen LogP) is 2.64. The smallest absolute Gasteiger partial charge is 0.376 e. The Labute approximate surface area is 135 Å². The third kappa shape index (κ3) is 3.34. The second-order valence-corrected chi connectivity index (χ2v) is 5.21. The summed E-state index contributed by atoms with van der Waals surface area (Å²) in [6.45, 7) is 1.57. The molecule has 2 N–H and O–H groups in total. The van der Waals surface area contributed by atoms with Crippen LogP contribution in [0.3, 0.4) is 0 Å². The van der Waals surface area contributed by atoms with Gasteiger partial charge in [-0.25, -0.2) is 0 Å². The summed E-state index contributed by atoms with van der Waals surface area (Å²) in [5.74, 6) is -0.764. The van der Waals surface area contributed by atoms with Crippen molar-refractivity contribution in [2.75, 3.05) is 4.90 Å². The maximum Gasteiger partial charge on any atom is 0.418 e. The number of nitrogens with two attached hydrogens (primary N) is 1. The zero-order valence-electron chi connectivity index (χ0n) is 12.3. The van der Waals surface area contributed by atoms with E-state index in [2.05, 4.69) is 5.10 Å². The lowest BCUT2D eigenvalue weighted by Gasteiger charge is -2.24. The Balaban J connectivity index is 2.59. The number of thiocarbonyl (C=S) groups is 1.